The van der Waals surface area contributed by atoms with Crippen LogP contribution in [-0.4, -0.2) is 5.91 Å². The number of halogens is 1. The molecule has 0 unspecified atom stereocenters. The lowest BCUT2D eigenvalue weighted by atomic mass is 10.1. The summed E-state index contributed by atoms with van der Waals surface area (Å²) < 4.78 is 13.1. The van der Waals surface area contributed by atoms with Crippen molar-refractivity contribution in [2.75, 3.05) is 11.1 Å². The molecule has 0 spiro atoms. The van der Waals surface area contributed by atoms with Gasteiger partial charge in [-0.2, -0.15) is 0 Å². The maximum Gasteiger partial charge on any atom is 0.255 e. The molecule has 18 heavy (non-hydrogen) atoms. The summed E-state index contributed by atoms with van der Waals surface area (Å²) in [6.07, 6.45) is 0. The number of carbonyl (C=O) groups excluding carboxylic acids is 1. The van der Waals surface area contributed by atoms with Gasteiger partial charge >= 0.3 is 0 Å². The second kappa shape index (κ2) is 4.87. The number of benzene rings is 2. The van der Waals surface area contributed by atoms with Gasteiger partial charge in [0.1, 0.15) is 5.82 Å². The molecule has 0 bridgehead atoms. The lowest BCUT2D eigenvalue weighted by Gasteiger charge is -2.06. The van der Waals surface area contributed by atoms with Gasteiger partial charge in [0.15, 0.2) is 0 Å². The number of anilines is 2. The first kappa shape index (κ1) is 12.1. The van der Waals surface area contributed by atoms with Crippen LogP contribution in [-0.2, 0) is 0 Å². The average Bonchev–Trinajstić information content (AvgIpc) is 2.34. The quantitative estimate of drug-likeness (QED) is 0.798. The van der Waals surface area contributed by atoms with E-state index in [9.17, 15) is 9.18 Å². The summed E-state index contributed by atoms with van der Waals surface area (Å²) in [5, 5.41) is 2.70. The van der Waals surface area contributed by atoms with Crippen molar-refractivity contribution in [3.8, 4) is 0 Å². The maximum atomic E-state index is 13.1. The number of hydrogen-bond acceptors (Lipinski definition) is 2. The first-order chi connectivity index (χ1) is 8.56. The third-order valence-electron chi connectivity index (χ3n) is 2.59. The van der Waals surface area contributed by atoms with E-state index in [1.54, 1.807) is 37.3 Å². The number of aryl methyl sites for hydroxylation is 1. The number of nitrogens with two attached hydrogens (primary N) is 1. The lowest BCUT2D eigenvalue weighted by Crippen LogP contribution is -2.12. The Labute approximate surface area is 104 Å². The minimum Gasteiger partial charge on any atom is -0.399 e. The molecular formula is C14H13FN2O. The minimum absolute atomic E-state index is 0.249. The monoisotopic (exact) mass is 244 g/mol. The third kappa shape index (κ3) is 2.66. The molecule has 0 fully saturated rings. The van der Waals surface area contributed by atoms with Gasteiger partial charge in [-0.1, -0.05) is 0 Å². The van der Waals surface area contributed by atoms with Gasteiger partial charge in [0, 0.05) is 16.9 Å². The van der Waals surface area contributed by atoms with Crippen molar-refractivity contribution in [2.24, 2.45) is 0 Å². The fourth-order valence-electron chi connectivity index (χ4n) is 1.56. The summed E-state index contributed by atoms with van der Waals surface area (Å²) in [7, 11) is 0. The summed E-state index contributed by atoms with van der Waals surface area (Å²) in [6.45, 7) is 1.65. The van der Waals surface area contributed by atoms with Crippen LogP contribution in [0.4, 0.5) is 15.8 Å². The van der Waals surface area contributed by atoms with Crippen LogP contribution in [0.2, 0.25) is 0 Å². The van der Waals surface area contributed by atoms with Crippen LogP contribution in [0.5, 0.6) is 0 Å². The van der Waals surface area contributed by atoms with E-state index >= 15 is 0 Å². The van der Waals surface area contributed by atoms with E-state index in [1.807, 2.05) is 0 Å². The highest BCUT2D eigenvalue weighted by atomic mass is 19.1. The highest BCUT2D eigenvalue weighted by molar-refractivity contribution is 6.04. The number of amides is 1. The summed E-state index contributed by atoms with van der Waals surface area (Å²) >= 11 is 0. The van der Waals surface area contributed by atoms with Crippen molar-refractivity contribution in [3.63, 3.8) is 0 Å². The standard InChI is InChI=1S/C14H13FN2O/c1-9-8-12(6-7-13(9)15)17-14(18)10-2-4-11(16)5-3-10/h2-8H,16H2,1H3,(H,17,18). The molecule has 0 radical (unpaired) electrons. The zero-order valence-corrected chi connectivity index (χ0v) is 9.91. The van der Waals surface area contributed by atoms with Gasteiger partial charge in [-0.15, -0.1) is 0 Å². The molecule has 1 amide bonds. The van der Waals surface area contributed by atoms with Crippen LogP contribution >= 0.6 is 0 Å². The van der Waals surface area contributed by atoms with Crippen molar-refractivity contribution in [2.45, 2.75) is 6.92 Å². The summed E-state index contributed by atoms with van der Waals surface area (Å²) in [6, 6.07) is 11.0. The molecule has 0 heterocycles. The van der Waals surface area contributed by atoms with Gasteiger partial charge in [-0.25, -0.2) is 4.39 Å². The van der Waals surface area contributed by atoms with Gasteiger partial charge < -0.3 is 11.1 Å². The van der Waals surface area contributed by atoms with Gasteiger partial charge in [0.2, 0.25) is 0 Å². The van der Waals surface area contributed by atoms with Crippen molar-refractivity contribution < 1.29 is 9.18 Å². The Kier molecular flexibility index (Phi) is 3.28. The smallest absolute Gasteiger partial charge is 0.255 e. The van der Waals surface area contributed by atoms with E-state index in [0.29, 0.717) is 22.5 Å². The fourth-order valence-corrected chi connectivity index (χ4v) is 1.56. The molecule has 0 atom stereocenters. The zero-order valence-electron chi connectivity index (χ0n) is 9.91. The summed E-state index contributed by atoms with van der Waals surface area (Å²) in [5.41, 5.74) is 7.71. The van der Waals surface area contributed by atoms with E-state index in [1.165, 1.54) is 12.1 Å². The molecule has 4 heteroatoms. The average molecular weight is 244 g/mol. The second-order valence-corrected chi connectivity index (χ2v) is 4.04. The van der Waals surface area contributed by atoms with Crippen LogP contribution < -0.4 is 11.1 Å². The predicted molar refractivity (Wildman–Crippen MR) is 69.9 cm³/mol. The zero-order chi connectivity index (χ0) is 13.1. The number of nitrogen functional groups attached to an aromatic ring is 1. The molecule has 92 valence electrons. The summed E-state index contributed by atoms with van der Waals surface area (Å²) in [5.74, 6) is -0.540. The molecule has 3 nitrogen and oxygen atoms in total. The summed E-state index contributed by atoms with van der Waals surface area (Å²) in [4.78, 5) is 11.9. The molecular weight excluding hydrogens is 231 g/mol. The molecule has 0 aliphatic heterocycles. The minimum atomic E-state index is -0.291. The van der Waals surface area contributed by atoms with Crippen molar-refractivity contribution in [3.05, 3.63) is 59.4 Å². The molecule has 0 saturated carbocycles. The van der Waals surface area contributed by atoms with Gasteiger partial charge in [0.25, 0.3) is 5.91 Å². The Morgan fingerprint density at radius 3 is 2.44 bits per heavy atom. The van der Waals surface area contributed by atoms with E-state index in [4.69, 9.17) is 5.73 Å². The Balaban J connectivity index is 2.16. The van der Waals surface area contributed by atoms with Crippen molar-refractivity contribution >= 4 is 17.3 Å². The van der Waals surface area contributed by atoms with Crippen LogP contribution in [0, 0.1) is 12.7 Å². The van der Waals surface area contributed by atoms with Crippen LogP contribution in [0.15, 0.2) is 42.5 Å². The largest absolute Gasteiger partial charge is 0.399 e. The maximum absolute atomic E-state index is 13.1. The first-order valence-electron chi connectivity index (χ1n) is 5.49. The Morgan fingerprint density at radius 1 is 1.17 bits per heavy atom. The van der Waals surface area contributed by atoms with E-state index < -0.39 is 0 Å². The first-order valence-corrected chi connectivity index (χ1v) is 5.49. The number of carbonyl (C=O) groups is 1. The normalized spacial score (nSPS) is 10.1. The molecule has 2 rings (SSSR count). The van der Waals surface area contributed by atoms with E-state index in [2.05, 4.69) is 5.32 Å². The highest BCUT2D eigenvalue weighted by Gasteiger charge is 2.06. The molecule has 2 aromatic rings. The van der Waals surface area contributed by atoms with Gasteiger partial charge in [-0.05, 0) is 55.0 Å². The molecule has 0 aromatic heterocycles. The van der Waals surface area contributed by atoms with E-state index in [0.717, 1.165) is 0 Å². The number of rotatable bonds is 2. The predicted octanol–water partition coefficient (Wildman–Crippen LogP) is 2.97. The van der Waals surface area contributed by atoms with Gasteiger partial charge in [-0.3, -0.25) is 4.79 Å². The SMILES string of the molecule is Cc1cc(NC(=O)c2ccc(N)cc2)ccc1F. The lowest BCUT2D eigenvalue weighted by molar-refractivity contribution is 0.102. The fraction of sp³-hybridized carbons (Fsp3) is 0.0714. The Bertz CT molecular complexity index is 579. The third-order valence-corrected chi connectivity index (χ3v) is 2.59. The molecule has 0 saturated heterocycles. The van der Waals surface area contributed by atoms with Crippen LogP contribution in [0.1, 0.15) is 15.9 Å². The number of hydrogen-bond donors (Lipinski definition) is 2. The Morgan fingerprint density at radius 2 is 1.83 bits per heavy atom. The van der Waals surface area contributed by atoms with E-state index in [-0.39, 0.29) is 11.7 Å². The van der Waals surface area contributed by atoms with Crippen LogP contribution in [0.3, 0.4) is 0 Å². The molecule has 3 N–H and O–H groups in total. The molecule has 0 aliphatic carbocycles. The topological polar surface area (TPSA) is 55.1 Å². The molecule has 2 aromatic carbocycles. The Hall–Kier alpha value is -2.36. The van der Waals surface area contributed by atoms with Crippen LogP contribution in [0.25, 0.3) is 0 Å². The van der Waals surface area contributed by atoms with Crippen molar-refractivity contribution in [1.82, 2.24) is 0 Å². The molecule has 0 aliphatic rings. The number of nitrogens with one attached hydrogen (secondary N) is 1. The highest BCUT2D eigenvalue weighted by Crippen LogP contribution is 2.15. The van der Waals surface area contributed by atoms with Crippen molar-refractivity contribution in [1.29, 1.82) is 0 Å². The second-order valence-electron chi connectivity index (χ2n) is 4.04. The van der Waals surface area contributed by atoms with Gasteiger partial charge in [0.05, 0.1) is 0 Å².